The molecule has 0 aliphatic carbocycles. The van der Waals surface area contributed by atoms with Gasteiger partial charge in [-0.2, -0.15) is 0 Å². The molecule has 1 amide bonds. The van der Waals surface area contributed by atoms with E-state index in [1.165, 1.54) is 11.8 Å². The molecule has 1 aromatic heterocycles. The Bertz CT molecular complexity index is 467. The van der Waals surface area contributed by atoms with Gasteiger partial charge in [-0.15, -0.1) is 0 Å². The Hall–Kier alpha value is -1.82. The van der Waals surface area contributed by atoms with Gasteiger partial charge in [0.1, 0.15) is 17.4 Å². The van der Waals surface area contributed by atoms with Gasteiger partial charge in [0.2, 0.25) is 5.91 Å². The maximum absolute atomic E-state index is 12.2. The molecule has 0 aromatic carbocycles. The Kier molecular flexibility index (Phi) is 5.76. The van der Waals surface area contributed by atoms with Gasteiger partial charge in [0, 0.05) is 13.1 Å². The van der Waals surface area contributed by atoms with Crippen LogP contribution >= 0.6 is 0 Å². The second-order valence-electron chi connectivity index (χ2n) is 5.14. The lowest BCUT2D eigenvalue weighted by molar-refractivity contribution is -0.150. The Morgan fingerprint density at radius 1 is 1.30 bits per heavy atom. The molecule has 0 radical (unpaired) electrons. The minimum absolute atomic E-state index is 0.290. The number of nitrogens with zero attached hydrogens (tertiary/aromatic N) is 2. The van der Waals surface area contributed by atoms with E-state index in [2.05, 4.69) is 0 Å². The van der Waals surface area contributed by atoms with Crippen molar-refractivity contribution >= 4 is 11.9 Å². The molecule has 1 atom stereocenters. The molecule has 1 heterocycles. The second kappa shape index (κ2) is 7.09. The highest BCUT2D eigenvalue weighted by Gasteiger charge is 2.26. The van der Waals surface area contributed by atoms with Crippen LogP contribution in [0.1, 0.15) is 18.4 Å². The average Bonchev–Trinajstić information content (AvgIpc) is 2.77. The molecule has 0 fully saturated rings. The molecule has 1 N–H and O–H groups in total. The third-order valence-corrected chi connectivity index (χ3v) is 3.01. The van der Waals surface area contributed by atoms with Gasteiger partial charge in [0.05, 0.1) is 6.54 Å². The van der Waals surface area contributed by atoms with E-state index in [9.17, 15) is 9.59 Å². The molecule has 20 heavy (non-hydrogen) atoms. The second-order valence-corrected chi connectivity index (χ2v) is 5.14. The number of carboxylic acids is 1. The molecular weight excluding hydrogens is 260 g/mol. The van der Waals surface area contributed by atoms with E-state index >= 15 is 0 Å². The highest BCUT2D eigenvalue weighted by atomic mass is 16.4. The zero-order valence-electron chi connectivity index (χ0n) is 12.4. The number of hydrogen-bond donors (Lipinski definition) is 1. The summed E-state index contributed by atoms with van der Waals surface area (Å²) in [7, 11) is 3.81. The van der Waals surface area contributed by atoms with Crippen LogP contribution in [0.5, 0.6) is 0 Å². The Labute approximate surface area is 119 Å². The molecule has 6 heteroatoms. The number of carboxylic acid groups (broad SMARTS) is 1. The van der Waals surface area contributed by atoms with Crippen molar-refractivity contribution < 1.29 is 19.1 Å². The molecule has 112 valence electrons. The number of likely N-dealkylation sites (N-methyl/N-ethyl adjacent to an activating group) is 1. The normalized spacial score (nSPS) is 12.4. The first-order valence-electron chi connectivity index (χ1n) is 6.53. The maximum Gasteiger partial charge on any atom is 0.315 e. The van der Waals surface area contributed by atoms with E-state index in [1.807, 2.05) is 32.0 Å². The van der Waals surface area contributed by atoms with Gasteiger partial charge in [-0.3, -0.25) is 9.59 Å². The minimum Gasteiger partial charge on any atom is -0.481 e. The van der Waals surface area contributed by atoms with Crippen LogP contribution in [0.4, 0.5) is 0 Å². The smallest absolute Gasteiger partial charge is 0.315 e. The molecule has 0 saturated carbocycles. The first-order chi connectivity index (χ1) is 9.31. The van der Waals surface area contributed by atoms with Gasteiger partial charge in [-0.05, 0) is 40.1 Å². The van der Waals surface area contributed by atoms with Crippen molar-refractivity contribution in [3.05, 3.63) is 23.7 Å². The molecular formula is C14H22N2O4. The number of carbonyl (C=O) groups is 2. The quantitative estimate of drug-likeness (QED) is 0.761. The fourth-order valence-electron chi connectivity index (χ4n) is 1.73. The van der Waals surface area contributed by atoms with Gasteiger partial charge in [0.25, 0.3) is 0 Å². The predicted molar refractivity (Wildman–Crippen MR) is 74.2 cm³/mol. The zero-order chi connectivity index (χ0) is 15.3. The summed E-state index contributed by atoms with van der Waals surface area (Å²) in [6.07, 6.45) is 0. The van der Waals surface area contributed by atoms with Crippen LogP contribution in [0.2, 0.25) is 0 Å². The van der Waals surface area contributed by atoms with Crippen molar-refractivity contribution in [2.24, 2.45) is 5.92 Å². The number of carbonyl (C=O) groups excluding carboxylic acids is 1. The Morgan fingerprint density at radius 3 is 2.40 bits per heavy atom. The van der Waals surface area contributed by atoms with Crippen LogP contribution in [-0.4, -0.2) is 54.0 Å². The largest absolute Gasteiger partial charge is 0.481 e. The lowest BCUT2D eigenvalue weighted by Crippen LogP contribution is -2.41. The van der Waals surface area contributed by atoms with Gasteiger partial charge in [-0.1, -0.05) is 0 Å². The molecule has 0 spiro atoms. The van der Waals surface area contributed by atoms with E-state index in [1.54, 1.807) is 6.07 Å². The van der Waals surface area contributed by atoms with E-state index in [0.717, 1.165) is 5.76 Å². The van der Waals surface area contributed by atoms with Crippen molar-refractivity contribution in [3.8, 4) is 0 Å². The fraction of sp³-hybridized carbons (Fsp3) is 0.571. The molecule has 0 bridgehead atoms. The summed E-state index contributed by atoms with van der Waals surface area (Å²) in [5.74, 6) is -1.12. The van der Waals surface area contributed by atoms with Crippen molar-refractivity contribution in [2.45, 2.75) is 20.4 Å². The van der Waals surface area contributed by atoms with Crippen LogP contribution in [-0.2, 0) is 16.1 Å². The number of furan rings is 1. The summed E-state index contributed by atoms with van der Waals surface area (Å²) < 4.78 is 5.46. The predicted octanol–water partition coefficient (Wildman–Crippen LogP) is 1.20. The summed E-state index contributed by atoms with van der Waals surface area (Å²) >= 11 is 0. The summed E-state index contributed by atoms with van der Waals surface area (Å²) in [6.45, 7) is 4.65. The monoisotopic (exact) mass is 282 g/mol. The van der Waals surface area contributed by atoms with Crippen LogP contribution in [0.15, 0.2) is 16.5 Å². The van der Waals surface area contributed by atoms with Crippen LogP contribution in [0.25, 0.3) is 0 Å². The molecule has 0 aliphatic heterocycles. The average molecular weight is 282 g/mol. The minimum atomic E-state index is -1.11. The van der Waals surface area contributed by atoms with Gasteiger partial charge in [-0.25, -0.2) is 0 Å². The highest BCUT2D eigenvalue weighted by molar-refractivity contribution is 5.96. The van der Waals surface area contributed by atoms with Crippen LogP contribution in [0.3, 0.4) is 0 Å². The topological polar surface area (TPSA) is 74.0 Å². The summed E-state index contributed by atoms with van der Waals surface area (Å²) in [5.41, 5.74) is 0. The van der Waals surface area contributed by atoms with Crippen molar-refractivity contribution in [2.75, 3.05) is 27.2 Å². The molecule has 1 aromatic rings. The molecule has 1 rings (SSSR count). The molecule has 0 aliphatic rings. The standard InChI is InChI=1S/C14H22N2O4/c1-10-5-6-12(20-10)9-16(8-7-15(3)4)13(17)11(2)14(18)19/h5-6,11H,7-9H2,1-4H3,(H,18,19). The highest BCUT2D eigenvalue weighted by Crippen LogP contribution is 2.12. The lowest BCUT2D eigenvalue weighted by atomic mass is 10.1. The van der Waals surface area contributed by atoms with Crippen molar-refractivity contribution in [1.29, 1.82) is 0 Å². The van der Waals surface area contributed by atoms with Crippen molar-refractivity contribution in [1.82, 2.24) is 9.80 Å². The first-order valence-corrected chi connectivity index (χ1v) is 6.53. The van der Waals surface area contributed by atoms with E-state index in [0.29, 0.717) is 18.8 Å². The maximum atomic E-state index is 12.2. The Balaban J connectivity index is 2.78. The third-order valence-electron chi connectivity index (χ3n) is 3.01. The summed E-state index contributed by atoms with van der Waals surface area (Å²) in [4.78, 5) is 26.6. The van der Waals surface area contributed by atoms with E-state index < -0.39 is 17.8 Å². The van der Waals surface area contributed by atoms with E-state index in [-0.39, 0.29) is 6.54 Å². The van der Waals surface area contributed by atoms with Gasteiger partial charge in [0.15, 0.2) is 0 Å². The van der Waals surface area contributed by atoms with Crippen LogP contribution in [0, 0.1) is 12.8 Å². The van der Waals surface area contributed by atoms with E-state index in [4.69, 9.17) is 9.52 Å². The van der Waals surface area contributed by atoms with Crippen molar-refractivity contribution in [3.63, 3.8) is 0 Å². The summed E-state index contributed by atoms with van der Waals surface area (Å²) in [6, 6.07) is 3.63. The number of hydrogen-bond acceptors (Lipinski definition) is 4. The number of aryl methyl sites for hydroxylation is 1. The van der Waals surface area contributed by atoms with Gasteiger partial charge < -0.3 is 19.3 Å². The van der Waals surface area contributed by atoms with Gasteiger partial charge >= 0.3 is 5.97 Å². The molecule has 0 saturated heterocycles. The number of rotatable bonds is 7. The fourth-order valence-corrected chi connectivity index (χ4v) is 1.73. The number of amides is 1. The SMILES string of the molecule is Cc1ccc(CN(CCN(C)C)C(=O)C(C)C(=O)O)o1. The Morgan fingerprint density at radius 2 is 1.95 bits per heavy atom. The first kappa shape index (κ1) is 16.2. The lowest BCUT2D eigenvalue weighted by Gasteiger charge is -2.25. The van der Waals surface area contributed by atoms with Crippen LogP contribution < -0.4 is 0 Å². The molecule has 1 unspecified atom stereocenters. The summed E-state index contributed by atoms with van der Waals surface area (Å²) in [5, 5.41) is 8.97. The number of aliphatic carboxylic acids is 1. The third kappa shape index (κ3) is 4.70. The molecule has 6 nitrogen and oxygen atoms in total. The zero-order valence-corrected chi connectivity index (χ0v) is 12.4.